The number of benzene rings is 1. The fourth-order valence-corrected chi connectivity index (χ4v) is 2.21. The minimum absolute atomic E-state index is 0.0346. The van der Waals surface area contributed by atoms with E-state index in [0.29, 0.717) is 31.8 Å². The van der Waals surface area contributed by atoms with Crippen LogP contribution in [0.15, 0.2) is 24.3 Å². The molecule has 1 heterocycles. The summed E-state index contributed by atoms with van der Waals surface area (Å²) in [5, 5.41) is 2.92. The number of urea groups is 1. The highest BCUT2D eigenvalue weighted by atomic mass is 19.1. The van der Waals surface area contributed by atoms with E-state index in [1.165, 1.54) is 6.07 Å². The molecule has 1 fully saturated rings. The second kappa shape index (κ2) is 6.43. The number of halogens is 1. The summed E-state index contributed by atoms with van der Waals surface area (Å²) in [4.78, 5) is 13.9. The first kappa shape index (κ1) is 15.8. The summed E-state index contributed by atoms with van der Waals surface area (Å²) in [6, 6.07) is 6.43. The summed E-state index contributed by atoms with van der Waals surface area (Å²) in [5.74, 6) is -0.292. The molecule has 1 unspecified atom stereocenters. The summed E-state index contributed by atoms with van der Waals surface area (Å²) < 4.78 is 19.4. The van der Waals surface area contributed by atoms with Crippen molar-refractivity contribution in [3.63, 3.8) is 0 Å². The van der Waals surface area contributed by atoms with Gasteiger partial charge in [0.25, 0.3) is 0 Å². The summed E-state index contributed by atoms with van der Waals surface area (Å²) in [5.41, 5.74) is 0.540. The van der Waals surface area contributed by atoms with Crippen molar-refractivity contribution in [2.75, 3.05) is 26.2 Å². The molecule has 1 aliphatic heterocycles. The van der Waals surface area contributed by atoms with Gasteiger partial charge in [-0.25, -0.2) is 9.18 Å². The maximum Gasteiger partial charge on any atom is 0.317 e. The van der Waals surface area contributed by atoms with Crippen molar-refractivity contribution < 1.29 is 13.9 Å². The smallest absolute Gasteiger partial charge is 0.317 e. The third-order valence-electron chi connectivity index (χ3n) is 3.38. The molecular weight excluding hydrogens is 271 g/mol. The summed E-state index contributed by atoms with van der Waals surface area (Å²) >= 11 is 0. The van der Waals surface area contributed by atoms with Gasteiger partial charge in [-0.3, -0.25) is 0 Å². The first-order chi connectivity index (χ1) is 9.87. The average molecular weight is 294 g/mol. The highest BCUT2D eigenvalue weighted by molar-refractivity contribution is 5.74. The molecule has 2 rings (SSSR count). The number of amides is 2. The molecule has 1 aromatic rings. The van der Waals surface area contributed by atoms with Gasteiger partial charge in [-0.2, -0.15) is 0 Å². The van der Waals surface area contributed by atoms with Crippen LogP contribution in [0.25, 0.3) is 0 Å². The fourth-order valence-electron chi connectivity index (χ4n) is 2.21. The van der Waals surface area contributed by atoms with Crippen molar-refractivity contribution in [2.45, 2.75) is 26.9 Å². The van der Waals surface area contributed by atoms with Crippen LogP contribution in [0.1, 0.15) is 32.4 Å². The van der Waals surface area contributed by atoms with Gasteiger partial charge in [-0.1, -0.05) is 39.0 Å². The van der Waals surface area contributed by atoms with E-state index in [2.05, 4.69) is 26.1 Å². The van der Waals surface area contributed by atoms with Gasteiger partial charge >= 0.3 is 6.03 Å². The van der Waals surface area contributed by atoms with Gasteiger partial charge in [-0.15, -0.1) is 0 Å². The molecule has 1 aliphatic rings. The van der Waals surface area contributed by atoms with Crippen molar-refractivity contribution in [3.05, 3.63) is 35.6 Å². The molecular formula is C16H23FN2O2. The zero-order chi connectivity index (χ0) is 15.5. The van der Waals surface area contributed by atoms with E-state index in [4.69, 9.17) is 4.74 Å². The van der Waals surface area contributed by atoms with Crippen LogP contribution in [-0.4, -0.2) is 37.2 Å². The normalized spacial score (nSPS) is 19.4. The van der Waals surface area contributed by atoms with Gasteiger partial charge in [0.05, 0.1) is 13.2 Å². The van der Waals surface area contributed by atoms with E-state index in [9.17, 15) is 9.18 Å². The zero-order valence-corrected chi connectivity index (χ0v) is 12.9. The molecule has 1 atom stereocenters. The molecule has 1 N–H and O–H groups in total. The monoisotopic (exact) mass is 294 g/mol. The lowest BCUT2D eigenvalue weighted by Gasteiger charge is -2.34. The number of carbonyl (C=O) groups excluding carboxylic acids is 1. The molecule has 0 aromatic heterocycles. The molecule has 0 spiro atoms. The van der Waals surface area contributed by atoms with Crippen molar-refractivity contribution in [1.29, 1.82) is 0 Å². The lowest BCUT2D eigenvalue weighted by Crippen LogP contribution is -2.48. The molecule has 4 nitrogen and oxygen atoms in total. The average Bonchev–Trinajstić information content (AvgIpc) is 2.44. The van der Waals surface area contributed by atoms with E-state index in [1.54, 1.807) is 23.1 Å². The van der Waals surface area contributed by atoms with Crippen LogP contribution >= 0.6 is 0 Å². The van der Waals surface area contributed by atoms with Crippen LogP contribution in [0, 0.1) is 11.2 Å². The Morgan fingerprint density at radius 2 is 2.14 bits per heavy atom. The van der Waals surface area contributed by atoms with Crippen molar-refractivity contribution in [2.24, 2.45) is 5.41 Å². The van der Waals surface area contributed by atoms with Crippen LogP contribution in [0.4, 0.5) is 9.18 Å². The Kier molecular flexibility index (Phi) is 4.83. The van der Waals surface area contributed by atoms with Gasteiger partial charge in [0.15, 0.2) is 0 Å². The molecule has 116 valence electrons. The van der Waals surface area contributed by atoms with Crippen LogP contribution in [0.2, 0.25) is 0 Å². The molecule has 0 aliphatic carbocycles. The number of ether oxygens (including phenoxy) is 1. The first-order valence-electron chi connectivity index (χ1n) is 7.25. The minimum Gasteiger partial charge on any atom is -0.370 e. The number of morpholine rings is 1. The summed E-state index contributed by atoms with van der Waals surface area (Å²) in [6.45, 7) is 8.12. The van der Waals surface area contributed by atoms with E-state index in [-0.39, 0.29) is 17.3 Å². The third kappa shape index (κ3) is 4.43. The third-order valence-corrected chi connectivity index (χ3v) is 3.38. The van der Waals surface area contributed by atoms with E-state index in [0.717, 1.165) is 0 Å². The van der Waals surface area contributed by atoms with Gasteiger partial charge in [0, 0.05) is 18.7 Å². The van der Waals surface area contributed by atoms with Gasteiger partial charge < -0.3 is 15.0 Å². The Morgan fingerprint density at radius 3 is 2.81 bits per heavy atom. The van der Waals surface area contributed by atoms with Crippen LogP contribution in [0.3, 0.4) is 0 Å². The maximum atomic E-state index is 13.8. The fraction of sp³-hybridized carbons (Fsp3) is 0.562. The molecule has 2 amide bonds. The van der Waals surface area contributed by atoms with Crippen molar-refractivity contribution >= 4 is 6.03 Å². The van der Waals surface area contributed by atoms with Crippen LogP contribution < -0.4 is 5.32 Å². The molecule has 1 aromatic carbocycles. The first-order valence-corrected chi connectivity index (χ1v) is 7.25. The Balaban J connectivity index is 1.98. The lowest BCUT2D eigenvalue weighted by molar-refractivity contribution is -0.0173. The molecule has 0 saturated carbocycles. The molecule has 21 heavy (non-hydrogen) atoms. The van der Waals surface area contributed by atoms with Crippen LogP contribution in [-0.2, 0) is 4.74 Å². The number of carbonyl (C=O) groups is 1. The second-order valence-electron chi connectivity index (χ2n) is 6.55. The number of nitrogens with zero attached hydrogens (tertiary/aromatic N) is 1. The van der Waals surface area contributed by atoms with Gasteiger partial charge in [-0.05, 0) is 11.5 Å². The van der Waals surface area contributed by atoms with Crippen molar-refractivity contribution in [3.8, 4) is 0 Å². The quantitative estimate of drug-likeness (QED) is 0.911. The van der Waals surface area contributed by atoms with E-state index in [1.807, 2.05) is 0 Å². The predicted octanol–water partition coefficient (Wildman–Crippen LogP) is 2.95. The Bertz CT molecular complexity index is 499. The lowest BCUT2D eigenvalue weighted by atomic mass is 9.97. The van der Waals surface area contributed by atoms with Crippen LogP contribution in [0.5, 0.6) is 0 Å². The Morgan fingerprint density at radius 1 is 1.43 bits per heavy atom. The minimum atomic E-state index is -0.402. The molecule has 0 radical (unpaired) electrons. The molecule has 1 saturated heterocycles. The number of nitrogens with one attached hydrogen (secondary N) is 1. The number of hydrogen-bond acceptors (Lipinski definition) is 2. The zero-order valence-electron chi connectivity index (χ0n) is 12.9. The van der Waals surface area contributed by atoms with Crippen molar-refractivity contribution in [1.82, 2.24) is 10.2 Å². The Labute approximate surface area is 125 Å². The summed E-state index contributed by atoms with van der Waals surface area (Å²) in [6.07, 6.45) is -0.402. The van der Waals surface area contributed by atoms with E-state index >= 15 is 0 Å². The molecule has 0 bridgehead atoms. The predicted molar refractivity (Wildman–Crippen MR) is 79.5 cm³/mol. The summed E-state index contributed by atoms with van der Waals surface area (Å²) in [7, 11) is 0. The Hall–Kier alpha value is -1.62. The largest absolute Gasteiger partial charge is 0.370 e. The number of rotatable bonds is 2. The highest BCUT2D eigenvalue weighted by Gasteiger charge is 2.27. The topological polar surface area (TPSA) is 41.6 Å². The van der Waals surface area contributed by atoms with E-state index < -0.39 is 6.10 Å². The highest BCUT2D eigenvalue weighted by Crippen LogP contribution is 2.24. The van der Waals surface area contributed by atoms with Gasteiger partial charge in [0.1, 0.15) is 11.9 Å². The van der Waals surface area contributed by atoms with Gasteiger partial charge in [0.2, 0.25) is 0 Å². The SMILES string of the molecule is CC(C)(C)CNC(=O)N1CCOC(c2ccccc2F)C1. The maximum absolute atomic E-state index is 13.8. The standard InChI is InChI=1S/C16H23FN2O2/c1-16(2,3)11-18-15(20)19-8-9-21-14(10-19)12-6-4-5-7-13(12)17/h4-7,14H,8-11H2,1-3H3,(H,18,20). The second-order valence-corrected chi connectivity index (χ2v) is 6.55. The molecule has 5 heteroatoms. The number of hydrogen-bond donors (Lipinski definition) is 1.